The molecule has 2 nitrogen and oxygen atoms in total. The van der Waals surface area contributed by atoms with Gasteiger partial charge in [-0.25, -0.2) is 4.39 Å². The number of aryl methyl sites for hydroxylation is 1. The molecule has 4 heteroatoms. The molecule has 0 bridgehead atoms. The Morgan fingerprint density at radius 2 is 1.89 bits per heavy atom. The van der Waals surface area contributed by atoms with E-state index in [0.29, 0.717) is 6.54 Å². The van der Waals surface area contributed by atoms with Crippen molar-refractivity contribution in [3.8, 4) is 0 Å². The van der Waals surface area contributed by atoms with Crippen LogP contribution >= 0.6 is 11.3 Å². The summed E-state index contributed by atoms with van der Waals surface area (Å²) in [6, 6.07) is 8.85. The number of benzene rings is 1. The summed E-state index contributed by atoms with van der Waals surface area (Å²) in [7, 11) is 2.07. The van der Waals surface area contributed by atoms with Gasteiger partial charge in [0.05, 0.1) is 0 Å². The molecule has 19 heavy (non-hydrogen) atoms. The average molecular weight is 278 g/mol. The van der Waals surface area contributed by atoms with E-state index in [1.54, 1.807) is 11.3 Å². The lowest BCUT2D eigenvalue weighted by atomic mass is 10.2. The predicted molar refractivity (Wildman–Crippen MR) is 78.5 cm³/mol. The van der Waals surface area contributed by atoms with Crippen molar-refractivity contribution in [2.24, 2.45) is 5.73 Å². The number of thiophene rings is 1. The SMILES string of the molecule is Cc1sc(CN)cc1CN(C)Cc1ccc(F)cc1. The van der Waals surface area contributed by atoms with Crippen molar-refractivity contribution in [3.63, 3.8) is 0 Å². The Morgan fingerprint density at radius 1 is 1.21 bits per heavy atom. The Kier molecular flexibility index (Phi) is 4.69. The minimum atomic E-state index is -0.187. The van der Waals surface area contributed by atoms with Crippen molar-refractivity contribution in [2.45, 2.75) is 26.6 Å². The van der Waals surface area contributed by atoms with Crippen LogP contribution in [0.1, 0.15) is 20.9 Å². The van der Waals surface area contributed by atoms with Gasteiger partial charge in [-0.15, -0.1) is 11.3 Å². The van der Waals surface area contributed by atoms with E-state index in [2.05, 4.69) is 24.9 Å². The number of hydrogen-bond acceptors (Lipinski definition) is 3. The van der Waals surface area contributed by atoms with Gasteiger partial charge in [-0.1, -0.05) is 12.1 Å². The number of hydrogen-bond donors (Lipinski definition) is 1. The molecule has 0 saturated carbocycles. The van der Waals surface area contributed by atoms with Crippen molar-refractivity contribution in [1.82, 2.24) is 4.90 Å². The van der Waals surface area contributed by atoms with E-state index >= 15 is 0 Å². The van der Waals surface area contributed by atoms with Crippen LogP contribution in [0.2, 0.25) is 0 Å². The van der Waals surface area contributed by atoms with Gasteiger partial charge in [0.2, 0.25) is 0 Å². The Balaban J connectivity index is 1.98. The molecule has 0 aliphatic rings. The molecule has 0 unspecified atom stereocenters. The van der Waals surface area contributed by atoms with Gasteiger partial charge < -0.3 is 5.73 Å². The maximum absolute atomic E-state index is 12.8. The molecular formula is C15H19FN2S. The Labute approximate surface area is 117 Å². The molecule has 0 saturated heterocycles. The van der Waals surface area contributed by atoms with E-state index < -0.39 is 0 Å². The van der Waals surface area contributed by atoms with Crippen LogP contribution in [0, 0.1) is 12.7 Å². The van der Waals surface area contributed by atoms with Crippen molar-refractivity contribution in [1.29, 1.82) is 0 Å². The van der Waals surface area contributed by atoms with Gasteiger partial charge in [0.25, 0.3) is 0 Å². The first-order chi connectivity index (χ1) is 9.08. The lowest BCUT2D eigenvalue weighted by molar-refractivity contribution is 0.319. The van der Waals surface area contributed by atoms with Crippen LogP contribution in [0.3, 0.4) is 0 Å². The molecule has 102 valence electrons. The van der Waals surface area contributed by atoms with Gasteiger partial charge >= 0.3 is 0 Å². The molecular weight excluding hydrogens is 259 g/mol. The van der Waals surface area contributed by atoms with E-state index in [0.717, 1.165) is 18.7 Å². The number of rotatable bonds is 5. The van der Waals surface area contributed by atoms with Crippen molar-refractivity contribution in [2.75, 3.05) is 7.05 Å². The summed E-state index contributed by atoms with van der Waals surface area (Å²) in [5, 5.41) is 0. The van der Waals surface area contributed by atoms with Crippen molar-refractivity contribution in [3.05, 3.63) is 57.0 Å². The normalized spacial score (nSPS) is 11.2. The second-order valence-electron chi connectivity index (χ2n) is 4.80. The van der Waals surface area contributed by atoms with Gasteiger partial charge in [-0.3, -0.25) is 4.90 Å². The fourth-order valence-corrected chi connectivity index (χ4v) is 3.03. The number of nitrogens with zero attached hydrogens (tertiary/aromatic N) is 1. The molecule has 2 rings (SSSR count). The molecule has 1 heterocycles. The maximum atomic E-state index is 12.8. The first kappa shape index (κ1) is 14.2. The highest BCUT2D eigenvalue weighted by Gasteiger charge is 2.08. The smallest absolute Gasteiger partial charge is 0.123 e. The van der Waals surface area contributed by atoms with Crippen LogP contribution in [0.25, 0.3) is 0 Å². The molecule has 1 aromatic carbocycles. The second-order valence-corrected chi connectivity index (χ2v) is 6.14. The zero-order chi connectivity index (χ0) is 13.8. The van der Waals surface area contributed by atoms with E-state index in [4.69, 9.17) is 5.73 Å². The van der Waals surface area contributed by atoms with Crippen LogP contribution in [-0.4, -0.2) is 11.9 Å². The first-order valence-electron chi connectivity index (χ1n) is 6.29. The topological polar surface area (TPSA) is 29.3 Å². The molecule has 2 aromatic rings. The zero-order valence-corrected chi connectivity index (χ0v) is 12.1. The fourth-order valence-electron chi connectivity index (χ4n) is 2.09. The number of halogens is 1. The van der Waals surface area contributed by atoms with Crippen LogP contribution < -0.4 is 5.73 Å². The summed E-state index contributed by atoms with van der Waals surface area (Å²) < 4.78 is 12.8. The quantitative estimate of drug-likeness (QED) is 0.909. The molecule has 0 fully saturated rings. The van der Waals surface area contributed by atoms with Gasteiger partial charge in [0.15, 0.2) is 0 Å². The van der Waals surface area contributed by atoms with Crippen molar-refractivity contribution < 1.29 is 4.39 Å². The minimum Gasteiger partial charge on any atom is -0.326 e. The highest BCUT2D eigenvalue weighted by molar-refractivity contribution is 7.12. The molecule has 2 N–H and O–H groups in total. The standard InChI is InChI=1S/C15H19FN2S/c1-11-13(7-15(8-17)19-11)10-18(2)9-12-3-5-14(16)6-4-12/h3-7H,8-10,17H2,1-2H3. The van der Waals surface area contributed by atoms with E-state index in [9.17, 15) is 4.39 Å². The summed E-state index contributed by atoms with van der Waals surface area (Å²) >= 11 is 1.76. The third kappa shape index (κ3) is 3.86. The molecule has 1 aromatic heterocycles. The molecule has 0 atom stereocenters. The van der Waals surface area contributed by atoms with E-state index in [1.807, 2.05) is 12.1 Å². The Morgan fingerprint density at radius 3 is 2.47 bits per heavy atom. The second kappa shape index (κ2) is 6.28. The molecule has 0 spiro atoms. The van der Waals surface area contributed by atoms with E-state index in [1.165, 1.54) is 27.5 Å². The largest absolute Gasteiger partial charge is 0.326 e. The monoisotopic (exact) mass is 278 g/mol. The summed E-state index contributed by atoms with van der Waals surface area (Å²) in [6.45, 7) is 4.44. The van der Waals surface area contributed by atoms with E-state index in [-0.39, 0.29) is 5.82 Å². The van der Waals surface area contributed by atoms with Gasteiger partial charge in [-0.05, 0) is 43.3 Å². The summed E-state index contributed by atoms with van der Waals surface area (Å²) in [6.07, 6.45) is 0. The zero-order valence-electron chi connectivity index (χ0n) is 11.3. The van der Waals surface area contributed by atoms with Crippen molar-refractivity contribution >= 4 is 11.3 Å². The summed E-state index contributed by atoms with van der Waals surface area (Å²) in [5.41, 5.74) is 8.11. The summed E-state index contributed by atoms with van der Waals surface area (Å²) in [4.78, 5) is 4.77. The van der Waals surface area contributed by atoms with Gasteiger partial charge in [0, 0.05) is 29.4 Å². The molecule has 0 aliphatic heterocycles. The Bertz CT molecular complexity index is 534. The highest BCUT2D eigenvalue weighted by Crippen LogP contribution is 2.22. The fraction of sp³-hybridized carbons (Fsp3) is 0.333. The third-order valence-electron chi connectivity index (χ3n) is 3.08. The van der Waals surface area contributed by atoms with Gasteiger partial charge in [-0.2, -0.15) is 0 Å². The van der Waals surface area contributed by atoms with Crippen LogP contribution in [0.5, 0.6) is 0 Å². The Hall–Kier alpha value is -1.23. The number of nitrogens with two attached hydrogens (primary N) is 1. The first-order valence-corrected chi connectivity index (χ1v) is 7.11. The van der Waals surface area contributed by atoms with Crippen LogP contribution in [-0.2, 0) is 19.6 Å². The lowest BCUT2D eigenvalue weighted by Gasteiger charge is -2.16. The maximum Gasteiger partial charge on any atom is 0.123 e. The summed E-state index contributed by atoms with van der Waals surface area (Å²) in [5.74, 6) is -0.187. The molecule has 0 aliphatic carbocycles. The van der Waals surface area contributed by atoms with Crippen LogP contribution in [0.4, 0.5) is 4.39 Å². The minimum absolute atomic E-state index is 0.187. The average Bonchev–Trinajstić information content (AvgIpc) is 2.73. The van der Waals surface area contributed by atoms with Gasteiger partial charge in [0.1, 0.15) is 5.82 Å². The molecule has 0 radical (unpaired) electrons. The molecule has 0 amide bonds. The highest BCUT2D eigenvalue weighted by atomic mass is 32.1. The third-order valence-corrected chi connectivity index (χ3v) is 4.19. The van der Waals surface area contributed by atoms with Crippen LogP contribution in [0.15, 0.2) is 30.3 Å². The predicted octanol–water partition coefficient (Wildman–Crippen LogP) is 3.29. The lowest BCUT2D eigenvalue weighted by Crippen LogP contribution is -2.17.